The van der Waals surface area contributed by atoms with E-state index in [1.54, 1.807) is 26.4 Å². The molecule has 1 atom stereocenters. The van der Waals surface area contributed by atoms with Gasteiger partial charge in [0.15, 0.2) is 0 Å². The molecule has 1 unspecified atom stereocenters. The highest BCUT2D eigenvalue weighted by molar-refractivity contribution is 5.95. The fourth-order valence-corrected chi connectivity index (χ4v) is 2.14. The van der Waals surface area contributed by atoms with Crippen molar-refractivity contribution in [3.05, 3.63) is 35.1 Å². The number of hydrogen-bond acceptors (Lipinski definition) is 4. The lowest BCUT2D eigenvalue weighted by Crippen LogP contribution is -2.38. The predicted octanol–water partition coefficient (Wildman–Crippen LogP) is 1.59. The van der Waals surface area contributed by atoms with Gasteiger partial charge < -0.3 is 15.2 Å². The highest BCUT2D eigenvalue weighted by Gasteiger charge is 2.17. The van der Waals surface area contributed by atoms with Gasteiger partial charge in [0, 0.05) is 38.9 Å². The maximum Gasteiger partial charge on any atom is 0.138 e. The number of halogens is 1. The molecule has 5 nitrogen and oxygen atoms in total. The molecule has 118 valence electrons. The summed E-state index contributed by atoms with van der Waals surface area (Å²) in [5.74, 6) is -0.695. The van der Waals surface area contributed by atoms with Crippen molar-refractivity contribution in [1.29, 1.82) is 5.41 Å². The van der Waals surface area contributed by atoms with Crippen LogP contribution in [0.3, 0.4) is 0 Å². The third-order valence-electron chi connectivity index (χ3n) is 3.36. The first-order valence-corrected chi connectivity index (χ1v) is 6.85. The van der Waals surface area contributed by atoms with Gasteiger partial charge in [0.1, 0.15) is 11.7 Å². The van der Waals surface area contributed by atoms with E-state index in [2.05, 4.69) is 4.90 Å². The second kappa shape index (κ2) is 8.71. The van der Waals surface area contributed by atoms with Crippen molar-refractivity contribution in [3.8, 4) is 0 Å². The Bertz CT molecular complexity index is 468. The van der Waals surface area contributed by atoms with Crippen LogP contribution in [0.1, 0.15) is 18.1 Å². The SMILES string of the molecule is COCCN(Cc1cccc(C(=N)N)c1F)C(C)COC. The molecule has 21 heavy (non-hydrogen) atoms. The number of hydrogen-bond donors (Lipinski definition) is 2. The highest BCUT2D eigenvalue weighted by Crippen LogP contribution is 2.16. The van der Waals surface area contributed by atoms with Crippen molar-refractivity contribution >= 4 is 5.84 Å². The van der Waals surface area contributed by atoms with Crippen LogP contribution in [0, 0.1) is 11.2 Å². The maximum atomic E-state index is 14.3. The Labute approximate surface area is 125 Å². The molecular weight excluding hydrogens is 273 g/mol. The van der Waals surface area contributed by atoms with E-state index in [9.17, 15) is 4.39 Å². The van der Waals surface area contributed by atoms with Crippen molar-refractivity contribution in [3.63, 3.8) is 0 Å². The molecule has 0 saturated carbocycles. The number of nitrogen functional groups attached to an aromatic ring is 1. The first-order valence-electron chi connectivity index (χ1n) is 6.85. The van der Waals surface area contributed by atoms with Crippen LogP contribution in [-0.4, -0.2) is 50.8 Å². The number of rotatable bonds is 9. The molecule has 0 aliphatic rings. The quantitative estimate of drug-likeness (QED) is 0.536. The van der Waals surface area contributed by atoms with E-state index in [0.29, 0.717) is 31.9 Å². The largest absolute Gasteiger partial charge is 0.384 e. The minimum absolute atomic E-state index is 0.130. The Balaban J connectivity index is 2.92. The minimum atomic E-state index is -0.433. The molecule has 0 saturated heterocycles. The average molecular weight is 297 g/mol. The summed E-state index contributed by atoms with van der Waals surface area (Å²) in [5, 5.41) is 7.40. The smallest absolute Gasteiger partial charge is 0.138 e. The van der Waals surface area contributed by atoms with Crippen molar-refractivity contribution in [1.82, 2.24) is 4.90 Å². The molecule has 0 bridgehead atoms. The number of nitrogens with one attached hydrogen (secondary N) is 1. The zero-order valence-corrected chi connectivity index (χ0v) is 12.9. The molecule has 1 aromatic carbocycles. The summed E-state index contributed by atoms with van der Waals surface area (Å²) in [4.78, 5) is 2.08. The molecule has 0 aromatic heterocycles. The van der Waals surface area contributed by atoms with E-state index >= 15 is 0 Å². The van der Waals surface area contributed by atoms with Crippen LogP contribution in [0.5, 0.6) is 0 Å². The van der Waals surface area contributed by atoms with E-state index in [4.69, 9.17) is 20.6 Å². The molecule has 0 aliphatic carbocycles. The molecule has 0 fully saturated rings. The molecular formula is C15H24FN3O2. The van der Waals surface area contributed by atoms with Gasteiger partial charge in [0.2, 0.25) is 0 Å². The van der Waals surface area contributed by atoms with Gasteiger partial charge in [-0.1, -0.05) is 12.1 Å². The Morgan fingerprint density at radius 3 is 2.67 bits per heavy atom. The lowest BCUT2D eigenvalue weighted by molar-refractivity contribution is 0.0698. The van der Waals surface area contributed by atoms with E-state index in [1.165, 1.54) is 6.07 Å². The van der Waals surface area contributed by atoms with Crippen molar-refractivity contribution in [2.24, 2.45) is 5.73 Å². The Morgan fingerprint density at radius 1 is 1.38 bits per heavy atom. The zero-order valence-electron chi connectivity index (χ0n) is 12.9. The first kappa shape index (κ1) is 17.6. The summed E-state index contributed by atoms with van der Waals surface area (Å²) in [6.45, 7) is 4.22. The number of benzene rings is 1. The normalized spacial score (nSPS) is 12.6. The topological polar surface area (TPSA) is 71.6 Å². The minimum Gasteiger partial charge on any atom is -0.384 e. The van der Waals surface area contributed by atoms with Crippen LogP contribution in [0.15, 0.2) is 18.2 Å². The van der Waals surface area contributed by atoms with E-state index in [-0.39, 0.29) is 17.4 Å². The molecule has 0 amide bonds. The first-order chi connectivity index (χ1) is 10.0. The van der Waals surface area contributed by atoms with Crippen LogP contribution < -0.4 is 5.73 Å². The van der Waals surface area contributed by atoms with Gasteiger partial charge in [-0.3, -0.25) is 10.3 Å². The Kier molecular flexibility index (Phi) is 7.28. The fraction of sp³-hybridized carbons (Fsp3) is 0.533. The third kappa shape index (κ3) is 5.08. The highest BCUT2D eigenvalue weighted by atomic mass is 19.1. The van der Waals surface area contributed by atoms with Crippen LogP contribution in [0.25, 0.3) is 0 Å². The standard InChI is InChI=1S/C15H24FN3O2/c1-11(10-21-3)19(7-8-20-2)9-12-5-4-6-13(14(12)16)15(17)18/h4-6,11H,7-10H2,1-3H3,(H3,17,18). The van der Waals surface area contributed by atoms with Crippen molar-refractivity contribution < 1.29 is 13.9 Å². The van der Waals surface area contributed by atoms with Gasteiger partial charge >= 0.3 is 0 Å². The molecule has 0 heterocycles. The summed E-state index contributed by atoms with van der Waals surface area (Å²) in [6.07, 6.45) is 0. The maximum absolute atomic E-state index is 14.3. The fourth-order valence-electron chi connectivity index (χ4n) is 2.14. The third-order valence-corrected chi connectivity index (χ3v) is 3.36. The summed E-state index contributed by atoms with van der Waals surface area (Å²) < 4.78 is 24.6. The van der Waals surface area contributed by atoms with Crippen LogP contribution in [0.2, 0.25) is 0 Å². The lowest BCUT2D eigenvalue weighted by atomic mass is 10.1. The molecule has 1 aromatic rings. The lowest BCUT2D eigenvalue weighted by Gasteiger charge is -2.28. The average Bonchev–Trinajstić information content (AvgIpc) is 2.44. The number of methoxy groups -OCH3 is 2. The molecule has 3 N–H and O–H groups in total. The van der Waals surface area contributed by atoms with Gasteiger partial charge in [0.25, 0.3) is 0 Å². The summed E-state index contributed by atoms with van der Waals surface area (Å²) in [7, 11) is 3.28. The van der Waals surface area contributed by atoms with Gasteiger partial charge in [-0.05, 0) is 13.0 Å². The van der Waals surface area contributed by atoms with E-state index in [1.807, 2.05) is 6.92 Å². The summed E-state index contributed by atoms with van der Waals surface area (Å²) in [6, 6.07) is 5.07. The van der Waals surface area contributed by atoms with E-state index in [0.717, 1.165) is 0 Å². The summed E-state index contributed by atoms with van der Waals surface area (Å²) in [5.41, 5.74) is 6.04. The Morgan fingerprint density at radius 2 is 2.10 bits per heavy atom. The summed E-state index contributed by atoms with van der Waals surface area (Å²) >= 11 is 0. The van der Waals surface area contributed by atoms with Gasteiger partial charge in [-0.2, -0.15) is 0 Å². The van der Waals surface area contributed by atoms with Crippen LogP contribution in [-0.2, 0) is 16.0 Å². The Hall–Kier alpha value is -1.50. The van der Waals surface area contributed by atoms with Gasteiger partial charge in [-0.25, -0.2) is 4.39 Å². The predicted molar refractivity (Wildman–Crippen MR) is 81.0 cm³/mol. The monoisotopic (exact) mass is 297 g/mol. The van der Waals surface area contributed by atoms with Crippen LogP contribution >= 0.6 is 0 Å². The van der Waals surface area contributed by atoms with Gasteiger partial charge in [-0.15, -0.1) is 0 Å². The second-order valence-corrected chi connectivity index (χ2v) is 4.96. The molecule has 0 spiro atoms. The molecule has 6 heteroatoms. The van der Waals surface area contributed by atoms with Crippen molar-refractivity contribution in [2.45, 2.75) is 19.5 Å². The molecule has 0 aliphatic heterocycles. The van der Waals surface area contributed by atoms with E-state index < -0.39 is 5.82 Å². The molecule has 1 rings (SSSR count). The van der Waals surface area contributed by atoms with Gasteiger partial charge in [0.05, 0.1) is 18.8 Å². The van der Waals surface area contributed by atoms with Crippen LogP contribution in [0.4, 0.5) is 4.39 Å². The number of amidine groups is 1. The second-order valence-electron chi connectivity index (χ2n) is 4.96. The number of ether oxygens (including phenoxy) is 2. The number of nitrogens with zero attached hydrogens (tertiary/aromatic N) is 1. The zero-order chi connectivity index (χ0) is 15.8. The van der Waals surface area contributed by atoms with Crippen molar-refractivity contribution in [2.75, 3.05) is 34.0 Å². The molecule has 0 radical (unpaired) electrons. The number of nitrogens with two attached hydrogens (primary N) is 1.